The van der Waals surface area contributed by atoms with E-state index in [0.717, 1.165) is 6.42 Å². The molecular formula is C7H17NO2S. The number of hydrogen-bond acceptors (Lipinski definition) is 3. The molecule has 0 aromatic heterocycles. The van der Waals surface area contributed by atoms with E-state index in [2.05, 4.69) is 0 Å². The van der Waals surface area contributed by atoms with E-state index in [4.69, 9.17) is 10.5 Å². The van der Waals surface area contributed by atoms with Crippen LogP contribution in [0.1, 0.15) is 13.3 Å². The number of ether oxygens (including phenoxy) is 1. The minimum atomic E-state index is -0.727. The van der Waals surface area contributed by atoms with Crippen molar-refractivity contribution in [1.29, 1.82) is 0 Å². The van der Waals surface area contributed by atoms with Gasteiger partial charge in [-0.15, -0.1) is 0 Å². The van der Waals surface area contributed by atoms with E-state index < -0.39 is 10.8 Å². The molecule has 0 spiro atoms. The highest BCUT2D eigenvalue weighted by Crippen LogP contribution is 1.97. The summed E-state index contributed by atoms with van der Waals surface area (Å²) in [6.45, 7) is 3.13. The van der Waals surface area contributed by atoms with Crippen molar-refractivity contribution in [2.24, 2.45) is 5.73 Å². The van der Waals surface area contributed by atoms with Gasteiger partial charge in [-0.2, -0.15) is 0 Å². The van der Waals surface area contributed by atoms with Crippen molar-refractivity contribution in [2.45, 2.75) is 19.4 Å². The lowest BCUT2D eigenvalue weighted by Gasteiger charge is -2.13. The van der Waals surface area contributed by atoms with Gasteiger partial charge in [-0.25, -0.2) is 0 Å². The fraction of sp³-hybridized carbons (Fsp3) is 1.00. The molecule has 2 unspecified atom stereocenters. The van der Waals surface area contributed by atoms with Crippen molar-refractivity contribution in [3.8, 4) is 0 Å². The van der Waals surface area contributed by atoms with E-state index in [1.54, 1.807) is 6.26 Å². The Morgan fingerprint density at radius 3 is 2.64 bits per heavy atom. The summed E-state index contributed by atoms with van der Waals surface area (Å²) in [6, 6.07) is 0. The van der Waals surface area contributed by atoms with Gasteiger partial charge in [0.1, 0.15) is 0 Å². The van der Waals surface area contributed by atoms with Gasteiger partial charge in [-0.05, 0) is 13.3 Å². The minimum absolute atomic E-state index is 0.0869. The molecule has 0 saturated heterocycles. The molecule has 4 heteroatoms. The Balaban J connectivity index is 3.43. The Labute approximate surface area is 70.8 Å². The predicted molar refractivity (Wildman–Crippen MR) is 48.0 cm³/mol. The van der Waals surface area contributed by atoms with E-state index in [1.165, 1.54) is 0 Å². The summed E-state index contributed by atoms with van der Waals surface area (Å²) in [5.74, 6) is 0.682. The average molecular weight is 179 g/mol. The zero-order valence-corrected chi connectivity index (χ0v) is 8.02. The first-order valence-corrected chi connectivity index (χ1v) is 5.55. The first kappa shape index (κ1) is 11.1. The van der Waals surface area contributed by atoms with E-state index in [0.29, 0.717) is 18.9 Å². The monoisotopic (exact) mass is 179 g/mol. The largest absolute Gasteiger partial charge is 0.377 e. The summed E-state index contributed by atoms with van der Waals surface area (Å²) < 4.78 is 16.0. The standard InChI is InChI=1S/C7H17NO2S/c1-3-10-7(6-8)4-5-11(2)9/h7H,3-6,8H2,1-2H3. The summed E-state index contributed by atoms with van der Waals surface area (Å²) in [5, 5.41) is 0. The second-order valence-electron chi connectivity index (χ2n) is 2.38. The lowest BCUT2D eigenvalue weighted by atomic mass is 10.3. The molecule has 11 heavy (non-hydrogen) atoms. The third-order valence-corrected chi connectivity index (χ3v) is 2.20. The maximum Gasteiger partial charge on any atom is 0.0705 e. The van der Waals surface area contributed by atoms with Crippen molar-refractivity contribution in [1.82, 2.24) is 0 Å². The molecule has 2 N–H and O–H groups in total. The van der Waals surface area contributed by atoms with Crippen molar-refractivity contribution in [2.75, 3.05) is 25.2 Å². The highest BCUT2D eigenvalue weighted by Gasteiger charge is 2.05. The van der Waals surface area contributed by atoms with Crippen LogP contribution in [0.3, 0.4) is 0 Å². The molecule has 0 aliphatic carbocycles. The maximum absolute atomic E-state index is 10.7. The van der Waals surface area contributed by atoms with Crippen LogP contribution in [-0.4, -0.2) is 35.5 Å². The van der Waals surface area contributed by atoms with E-state index in [1.807, 2.05) is 6.92 Å². The van der Waals surface area contributed by atoms with E-state index in [-0.39, 0.29) is 6.10 Å². The molecule has 0 radical (unpaired) electrons. The Hall–Kier alpha value is 0.0700. The third-order valence-electron chi connectivity index (χ3n) is 1.39. The second-order valence-corrected chi connectivity index (χ2v) is 3.93. The van der Waals surface area contributed by atoms with Crippen LogP contribution in [0.25, 0.3) is 0 Å². The van der Waals surface area contributed by atoms with Crippen molar-refractivity contribution >= 4 is 10.8 Å². The molecule has 0 aliphatic rings. The Morgan fingerprint density at radius 1 is 1.64 bits per heavy atom. The Bertz CT molecular complexity index is 119. The van der Waals surface area contributed by atoms with Gasteiger partial charge >= 0.3 is 0 Å². The predicted octanol–water partition coefficient (Wildman–Crippen LogP) is 0.119. The second kappa shape index (κ2) is 6.76. The number of hydrogen-bond donors (Lipinski definition) is 1. The van der Waals surface area contributed by atoms with Crippen LogP contribution < -0.4 is 5.73 Å². The van der Waals surface area contributed by atoms with Crippen molar-refractivity contribution < 1.29 is 8.95 Å². The number of rotatable bonds is 6. The number of nitrogens with two attached hydrogens (primary N) is 1. The van der Waals surface area contributed by atoms with Crippen LogP contribution >= 0.6 is 0 Å². The minimum Gasteiger partial charge on any atom is -0.377 e. The Morgan fingerprint density at radius 2 is 2.27 bits per heavy atom. The molecule has 0 fully saturated rings. The molecule has 2 atom stereocenters. The summed E-state index contributed by atoms with van der Waals surface area (Å²) in [5.41, 5.74) is 5.42. The summed E-state index contributed by atoms with van der Waals surface area (Å²) >= 11 is 0. The van der Waals surface area contributed by atoms with Gasteiger partial charge in [0.15, 0.2) is 0 Å². The van der Waals surface area contributed by atoms with Gasteiger partial charge in [0.25, 0.3) is 0 Å². The smallest absolute Gasteiger partial charge is 0.0705 e. The normalized spacial score (nSPS) is 16.3. The van der Waals surface area contributed by atoms with Gasteiger partial charge < -0.3 is 10.5 Å². The van der Waals surface area contributed by atoms with Crippen LogP contribution in [0.2, 0.25) is 0 Å². The summed E-state index contributed by atoms with van der Waals surface area (Å²) in [7, 11) is -0.727. The van der Waals surface area contributed by atoms with E-state index >= 15 is 0 Å². The molecule has 0 aromatic carbocycles. The zero-order valence-electron chi connectivity index (χ0n) is 7.21. The van der Waals surface area contributed by atoms with E-state index in [9.17, 15) is 4.21 Å². The van der Waals surface area contributed by atoms with Gasteiger partial charge in [-0.1, -0.05) is 0 Å². The van der Waals surface area contributed by atoms with Gasteiger partial charge in [0, 0.05) is 36.0 Å². The van der Waals surface area contributed by atoms with Gasteiger partial charge in [0.2, 0.25) is 0 Å². The molecular weight excluding hydrogens is 162 g/mol. The molecule has 0 bridgehead atoms. The molecule has 0 aromatic rings. The SMILES string of the molecule is CCOC(CN)CCS(C)=O. The summed E-state index contributed by atoms with van der Waals surface area (Å²) in [4.78, 5) is 0. The van der Waals surface area contributed by atoms with Crippen LogP contribution in [0.5, 0.6) is 0 Å². The third kappa shape index (κ3) is 6.47. The first-order chi connectivity index (χ1) is 5.20. The van der Waals surface area contributed by atoms with Crippen LogP contribution in [0.4, 0.5) is 0 Å². The Kier molecular flexibility index (Phi) is 6.80. The van der Waals surface area contributed by atoms with Gasteiger partial charge in [0.05, 0.1) is 6.10 Å². The molecule has 68 valence electrons. The molecule has 0 aliphatic heterocycles. The van der Waals surface area contributed by atoms with Gasteiger partial charge in [-0.3, -0.25) is 4.21 Å². The highest BCUT2D eigenvalue weighted by atomic mass is 32.2. The first-order valence-electron chi connectivity index (χ1n) is 3.82. The zero-order chi connectivity index (χ0) is 8.69. The molecule has 0 rings (SSSR count). The molecule has 0 saturated carbocycles. The topological polar surface area (TPSA) is 52.3 Å². The van der Waals surface area contributed by atoms with Crippen LogP contribution in [0.15, 0.2) is 0 Å². The molecule has 0 amide bonds. The molecule has 0 heterocycles. The van der Waals surface area contributed by atoms with Crippen molar-refractivity contribution in [3.63, 3.8) is 0 Å². The quantitative estimate of drug-likeness (QED) is 0.630. The van der Waals surface area contributed by atoms with Crippen LogP contribution in [-0.2, 0) is 15.5 Å². The summed E-state index contributed by atoms with van der Waals surface area (Å²) in [6.07, 6.45) is 2.58. The molecule has 3 nitrogen and oxygen atoms in total. The highest BCUT2D eigenvalue weighted by molar-refractivity contribution is 7.84. The maximum atomic E-state index is 10.7. The van der Waals surface area contributed by atoms with Crippen LogP contribution in [0, 0.1) is 0 Å². The average Bonchev–Trinajstić information content (AvgIpc) is 1.97. The fourth-order valence-corrected chi connectivity index (χ4v) is 1.40. The lowest BCUT2D eigenvalue weighted by molar-refractivity contribution is 0.0672. The van der Waals surface area contributed by atoms with Crippen molar-refractivity contribution in [3.05, 3.63) is 0 Å². The fourth-order valence-electron chi connectivity index (χ4n) is 0.802. The lowest BCUT2D eigenvalue weighted by Crippen LogP contribution is -2.25.